The number of hydrogen-bond donors (Lipinski definition) is 1. The summed E-state index contributed by atoms with van der Waals surface area (Å²) < 4.78 is 51.7. The number of ether oxygens (including phenoxy) is 1. The number of aromatic nitrogens is 3. The van der Waals surface area contributed by atoms with E-state index >= 15 is 4.39 Å². The molecular formula is C33H34BrClFN7O6S. The van der Waals surface area contributed by atoms with Crippen molar-refractivity contribution in [1.82, 2.24) is 29.9 Å². The molecule has 1 aliphatic carbocycles. The number of pyridine rings is 1. The lowest BCUT2D eigenvalue weighted by Crippen LogP contribution is -2.69. The molecule has 264 valence electrons. The van der Waals surface area contributed by atoms with E-state index in [4.69, 9.17) is 16.3 Å². The minimum absolute atomic E-state index is 0.000696. The molecule has 1 unspecified atom stereocenters. The number of aryl methyl sites for hydroxylation is 1. The van der Waals surface area contributed by atoms with E-state index in [2.05, 4.69) is 37.4 Å². The van der Waals surface area contributed by atoms with Crippen molar-refractivity contribution in [2.24, 2.45) is 7.05 Å². The van der Waals surface area contributed by atoms with E-state index in [1.165, 1.54) is 18.3 Å². The molecule has 3 amide bonds. The number of halogens is 3. The second-order valence-corrected chi connectivity index (χ2v) is 17.4. The number of nitrogens with zero attached hydrogens (tertiary/aromatic N) is 6. The number of rotatable bonds is 7. The summed E-state index contributed by atoms with van der Waals surface area (Å²) in [5.41, 5.74) is -3.19. The molecule has 4 heterocycles. The minimum Gasteiger partial charge on any atom is -0.444 e. The first-order chi connectivity index (χ1) is 23.4. The molecule has 50 heavy (non-hydrogen) atoms. The van der Waals surface area contributed by atoms with Crippen LogP contribution in [0.25, 0.3) is 11.1 Å². The first kappa shape index (κ1) is 35.7. The monoisotopic (exact) mass is 789 g/mol. The highest BCUT2D eigenvalue weighted by Crippen LogP contribution is 2.46. The fraction of sp³-hybridized carbons (Fsp3) is 0.455. The predicted octanol–water partition coefficient (Wildman–Crippen LogP) is 4.49. The van der Waals surface area contributed by atoms with Crippen LogP contribution in [0.2, 0.25) is 5.02 Å². The summed E-state index contributed by atoms with van der Waals surface area (Å²) in [6, 6.07) is 6.24. The van der Waals surface area contributed by atoms with Gasteiger partial charge in [-0.15, -0.1) is 0 Å². The topological polar surface area (TPSA) is 168 Å². The molecule has 2 aliphatic heterocycles. The Morgan fingerprint density at radius 3 is 2.42 bits per heavy atom. The van der Waals surface area contributed by atoms with Crippen molar-refractivity contribution in [3.8, 4) is 17.2 Å². The molecule has 3 fully saturated rings. The summed E-state index contributed by atoms with van der Waals surface area (Å²) in [5.74, 6) is -2.54. The Hall–Kier alpha value is -4.07. The molecule has 3 aliphatic rings. The van der Waals surface area contributed by atoms with E-state index in [1.807, 2.05) is 0 Å². The number of benzene rings is 1. The average molecular weight is 791 g/mol. The Morgan fingerprint density at radius 1 is 1.16 bits per heavy atom. The maximum Gasteiger partial charge on any atom is 0.411 e. The van der Waals surface area contributed by atoms with E-state index in [9.17, 15) is 28.1 Å². The van der Waals surface area contributed by atoms with Gasteiger partial charge in [-0.3, -0.25) is 24.2 Å². The summed E-state index contributed by atoms with van der Waals surface area (Å²) in [6.07, 6.45) is 4.08. The third-order valence-electron chi connectivity index (χ3n) is 9.19. The number of amides is 3. The van der Waals surface area contributed by atoms with Crippen molar-refractivity contribution in [2.45, 2.75) is 79.3 Å². The Kier molecular flexibility index (Phi) is 9.01. The molecule has 2 aromatic heterocycles. The smallest absolute Gasteiger partial charge is 0.411 e. The van der Waals surface area contributed by atoms with Crippen LogP contribution in [-0.4, -0.2) is 86.4 Å². The van der Waals surface area contributed by atoms with Gasteiger partial charge in [-0.1, -0.05) is 17.7 Å². The molecule has 17 heteroatoms. The molecule has 3 aromatic rings. The summed E-state index contributed by atoms with van der Waals surface area (Å²) in [7, 11) is -2.55. The zero-order valence-corrected chi connectivity index (χ0v) is 30.8. The van der Waals surface area contributed by atoms with Crippen molar-refractivity contribution in [2.75, 3.05) is 13.1 Å². The zero-order valence-electron chi connectivity index (χ0n) is 27.6. The van der Waals surface area contributed by atoms with Crippen molar-refractivity contribution in [3.63, 3.8) is 0 Å². The lowest BCUT2D eigenvalue weighted by Gasteiger charge is -2.52. The predicted molar refractivity (Wildman–Crippen MR) is 182 cm³/mol. The van der Waals surface area contributed by atoms with Crippen molar-refractivity contribution in [3.05, 3.63) is 63.9 Å². The first-order valence-electron chi connectivity index (χ1n) is 15.8. The normalized spacial score (nSPS) is 22.8. The number of sulfone groups is 1. The summed E-state index contributed by atoms with van der Waals surface area (Å²) in [6.45, 7) is 4.43. The Bertz CT molecular complexity index is 2060. The lowest BCUT2D eigenvalue weighted by atomic mass is 9.79. The number of nitriles is 1. The van der Waals surface area contributed by atoms with E-state index in [0.717, 1.165) is 15.9 Å². The van der Waals surface area contributed by atoms with Gasteiger partial charge in [-0.05, 0) is 79.7 Å². The Balaban J connectivity index is 1.40. The van der Waals surface area contributed by atoms with E-state index in [-0.39, 0.29) is 39.5 Å². The maximum atomic E-state index is 15.7. The third kappa shape index (κ3) is 6.35. The molecule has 1 saturated carbocycles. The van der Waals surface area contributed by atoms with Gasteiger partial charge >= 0.3 is 6.09 Å². The van der Waals surface area contributed by atoms with Crippen molar-refractivity contribution < 1.29 is 31.9 Å². The number of nitrogens with one attached hydrogen (secondary N) is 1. The van der Waals surface area contributed by atoms with E-state index < -0.39 is 68.1 Å². The maximum absolute atomic E-state index is 15.7. The summed E-state index contributed by atoms with van der Waals surface area (Å²) in [4.78, 5) is 48.4. The standard InChI is InChI=1S/C33H34BrClFN7O6S/c1-31(2,3)49-30(46)43-10-9-33(43,27-24(36)12-21(34)15-38-27)29(45)42-17-22(13-25(42)28(44)40-32(18-37)7-8-32)50(47,48)26-6-5-19(11-23(26)35)20-14-39-41(4)16-20/h5-6,11-12,14-16,22,25H,7-10,13,17H2,1-4H3,(H,40,44)/t22-,25+,33?/m1/s1. The van der Waals surface area contributed by atoms with E-state index in [1.54, 1.807) is 51.0 Å². The highest BCUT2D eigenvalue weighted by molar-refractivity contribution is 9.10. The van der Waals surface area contributed by atoms with Crippen LogP contribution < -0.4 is 5.32 Å². The van der Waals surface area contributed by atoms with Crippen molar-refractivity contribution >= 4 is 55.3 Å². The third-order valence-corrected chi connectivity index (χ3v) is 12.2. The zero-order chi connectivity index (χ0) is 36.4. The molecule has 6 rings (SSSR count). The van der Waals surface area contributed by atoms with Crippen LogP contribution in [-0.2, 0) is 36.7 Å². The van der Waals surface area contributed by atoms with Crippen LogP contribution in [0.3, 0.4) is 0 Å². The molecule has 2 saturated heterocycles. The molecular weight excluding hydrogens is 757 g/mol. The van der Waals surface area contributed by atoms with Gasteiger partial charge in [-0.25, -0.2) is 17.6 Å². The Labute approximate surface area is 301 Å². The van der Waals surface area contributed by atoms with Gasteiger partial charge in [0, 0.05) is 49.0 Å². The second-order valence-electron chi connectivity index (χ2n) is 13.8. The van der Waals surface area contributed by atoms with Crippen LogP contribution in [0.1, 0.15) is 52.1 Å². The fourth-order valence-electron chi connectivity index (χ4n) is 6.40. The van der Waals surface area contributed by atoms with Gasteiger partial charge in [0.05, 0.1) is 27.4 Å². The largest absolute Gasteiger partial charge is 0.444 e. The Morgan fingerprint density at radius 2 is 1.88 bits per heavy atom. The summed E-state index contributed by atoms with van der Waals surface area (Å²) >= 11 is 9.74. The van der Waals surface area contributed by atoms with Crippen LogP contribution in [0.15, 0.2) is 52.2 Å². The van der Waals surface area contributed by atoms with Crippen LogP contribution >= 0.6 is 27.5 Å². The van der Waals surface area contributed by atoms with Crippen LogP contribution in [0.5, 0.6) is 0 Å². The fourth-order valence-corrected chi connectivity index (χ4v) is 8.95. The number of likely N-dealkylation sites (tertiary alicyclic amines) is 2. The average Bonchev–Trinajstić information content (AvgIpc) is 3.40. The van der Waals surface area contributed by atoms with Gasteiger partial charge in [-0.2, -0.15) is 10.4 Å². The molecule has 0 bridgehead atoms. The number of hydrogen-bond acceptors (Lipinski definition) is 9. The van der Waals surface area contributed by atoms with Gasteiger partial charge < -0.3 is 15.0 Å². The van der Waals surface area contributed by atoms with Crippen LogP contribution in [0, 0.1) is 17.1 Å². The SMILES string of the molecule is Cn1cc(-c2ccc(S(=O)(=O)[C@@H]3C[C@@H](C(=O)NC4(C#N)CC4)N(C(=O)C4(c5ncc(Br)cc5F)CCN4C(=O)OC(C)(C)C)C3)c(Cl)c2)cn1. The lowest BCUT2D eigenvalue weighted by molar-refractivity contribution is -0.158. The summed E-state index contributed by atoms with van der Waals surface area (Å²) in [5, 5.41) is 15.1. The van der Waals surface area contributed by atoms with Crippen molar-refractivity contribution in [1.29, 1.82) is 5.26 Å². The minimum atomic E-state index is -4.29. The quantitative estimate of drug-likeness (QED) is 0.363. The first-order valence-corrected chi connectivity index (χ1v) is 18.5. The molecule has 3 atom stereocenters. The second kappa shape index (κ2) is 12.6. The highest BCUT2D eigenvalue weighted by Gasteiger charge is 2.62. The van der Waals surface area contributed by atoms with Gasteiger partial charge in [0.25, 0.3) is 5.91 Å². The molecule has 1 N–H and O–H groups in total. The number of carbonyl (C=O) groups excluding carboxylic acids is 3. The van der Waals surface area contributed by atoms with E-state index in [0.29, 0.717) is 24.0 Å². The highest BCUT2D eigenvalue weighted by atomic mass is 79.9. The molecule has 0 radical (unpaired) electrons. The van der Waals surface area contributed by atoms with Gasteiger partial charge in [0.2, 0.25) is 5.91 Å². The van der Waals surface area contributed by atoms with Gasteiger partial charge in [0.1, 0.15) is 28.7 Å². The molecule has 13 nitrogen and oxygen atoms in total. The molecule has 0 spiro atoms. The molecule has 1 aromatic carbocycles. The van der Waals surface area contributed by atoms with Gasteiger partial charge in [0.15, 0.2) is 15.4 Å². The van der Waals surface area contributed by atoms with Crippen LogP contribution in [0.4, 0.5) is 9.18 Å². The number of carbonyl (C=O) groups is 3.